The van der Waals surface area contributed by atoms with Gasteiger partial charge in [-0.3, -0.25) is 4.99 Å². The maximum absolute atomic E-state index is 5.80. The number of nitrogens with one attached hydrogen (secondary N) is 1. The average molecular weight is 297 g/mol. The molecule has 0 spiro atoms. The third-order valence-electron chi connectivity index (χ3n) is 4.22. The first-order chi connectivity index (χ1) is 9.97. The van der Waals surface area contributed by atoms with Gasteiger partial charge in [0, 0.05) is 33.3 Å². The van der Waals surface area contributed by atoms with Crippen molar-refractivity contribution in [3.63, 3.8) is 0 Å². The Kier molecular flexibility index (Phi) is 8.09. The average Bonchev–Trinajstić information content (AvgIpc) is 2.41. The molecule has 1 rings (SSSR count). The molecular formula is C17H35N3O. The van der Waals surface area contributed by atoms with Crippen LogP contribution in [-0.4, -0.2) is 50.3 Å². The lowest BCUT2D eigenvalue weighted by Gasteiger charge is -2.37. The molecule has 0 aromatic rings. The third kappa shape index (κ3) is 6.25. The van der Waals surface area contributed by atoms with Crippen molar-refractivity contribution in [1.82, 2.24) is 10.2 Å². The van der Waals surface area contributed by atoms with E-state index in [9.17, 15) is 0 Å². The molecule has 0 aromatic heterocycles. The van der Waals surface area contributed by atoms with Crippen molar-refractivity contribution in [3.8, 4) is 0 Å². The van der Waals surface area contributed by atoms with Crippen molar-refractivity contribution in [2.24, 2.45) is 22.7 Å². The van der Waals surface area contributed by atoms with Crippen LogP contribution in [0.15, 0.2) is 4.99 Å². The molecule has 3 atom stereocenters. The molecule has 0 amide bonds. The highest BCUT2D eigenvalue weighted by Crippen LogP contribution is 2.20. The maximum atomic E-state index is 5.80. The summed E-state index contributed by atoms with van der Waals surface area (Å²) in [6.07, 6.45) is 2.69. The van der Waals surface area contributed by atoms with Gasteiger partial charge in [-0.15, -0.1) is 0 Å². The largest absolute Gasteiger partial charge is 0.378 e. The Labute approximate surface area is 131 Å². The lowest BCUT2D eigenvalue weighted by Crippen LogP contribution is -2.49. The summed E-state index contributed by atoms with van der Waals surface area (Å²) >= 11 is 0. The molecule has 3 unspecified atom stereocenters. The summed E-state index contributed by atoms with van der Waals surface area (Å²) < 4.78 is 5.80. The van der Waals surface area contributed by atoms with E-state index in [1.807, 2.05) is 7.05 Å². The number of ether oxygens (including phenoxy) is 1. The molecule has 0 bridgehead atoms. The van der Waals surface area contributed by atoms with Gasteiger partial charge in [-0.2, -0.15) is 0 Å². The molecule has 1 heterocycles. The number of hydrogen-bond acceptors (Lipinski definition) is 2. The zero-order valence-corrected chi connectivity index (χ0v) is 14.9. The second-order valence-corrected chi connectivity index (χ2v) is 6.85. The third-order valence-corrected chi connectivity index (χ3v) is 4.22. The van der Waals surface area contributed by atoms with Gasteiger partial charge in [-0.25, -0.2) is 0 Å². The van der Waals surface area contributed by atoms with E-state index in [1.54, 1.807) is 0 Å². The lowest BCUT2D eigenvalue weighted by atomic mass is 9.92. The summed E-state index contributed by atoms with van der Waals surface area (Å²) in [6.45, 7) is 15.1. The van der Waals surface area contributed by atoms with E-state index in [0.717, 1.165) is 50.5 Å². The fourth-order valence-corrected chi connectivity index (χ4v) is 3.32. The van der Waals surface area contributed by atoms with Crippen LogP contribution in [0.3, 0.4) is 0 Å². The predicted octanol–water partition coefficient (Wildman–Crippen LogP) is 2.99. The van der Waals surface area contributed by atoms with E-state index in [-0.39, 0.29) is 0 Å². The van der Waals surface area contributed by atoms with Crippen LogP contribution >= 0.6 is 0 Å². The molecular weight excluding hydrogens is 262 g/mol. The Morgan fingerprint density at radius 3 is 2.38 bits per heavy atom. The summed E-state index contributed by atoms with van der Waals surface area (Å²) in [6, 6.07) is 0. The van der Waals surface area contributed by atoms with Crippen LogP contribution in [0.1, 0.15) is 47.5 Å². The number of guanidine groups is 1. The number of rotatable bonds is 6. The Morgan fingerprint density at radius 2 is 1.90 bits per heavy atom. The SMILES string of the molecule is CCOC(CCNC(=NC)N1CC(C)CC(C)C1)C(C)C. The summed E-state index contributed by atoms with van der Waals surface area (Å²) in [4.78, 5) is 6.87. The Balaban J connectivity index is 2.44. The minimum absolute atomic E-state index is 0.333. The van der Waals surface area contributed by atoms with Gasteiger partial charge >= 0.3 is 0 Å². The minimum atomic E-state index is 0.333. The normalized spacial score (nSPS) is 25.3. The first-order valence-corrected chi connectivity index (χ1v) is 8.55. The first kappa shape index (κ1) is 18.3. The number of aliphatic imine (C=N–C) groups is 1. The van der Waals surface area contributed by atoms with Gasteiger partial charge in [0.1, 0.15) is 0 Å². The molecule has 1 saturated heterocycles. The van der Waals surface area contributed by atoms with E-state index in [0.29, 0.717) is 12.0 Å². The van der Waals surface area contributed by atoms with Gasteiger partial charge in [-0.05, 0) is 37.5 Å². The van der Waals surface area contributed by atoms with Crippen LogP contribution in [0.25, 0.3) is 0 Å². The fourth-order valence-electron chi connectivity index (χ4n) is 3.32. The van der Waals surface area contributed by atoms with Crippen molar-refractivity contribution in [3.05, 3.63) is 0 Å². The summed E-state index contributed by atoms with van der Waals surface area (Å²) in [7, 11) is 1.88. The highest BCUT2D eigenvalue weighted by molar-refractivity contribution is 5.80. The molecule has 1 aliphatic heterocycles. The maximum Gasteiger partial charge on any atom is 0.193 e. The summed E-state index contributed by atoms with van der Waals surface area (Å²) in [5, 5.41) is 3.52. The molecule has 0 saturated carbocycles. The van der Waals surface area contributed by atoms with E-state index in [2.05, 4.69) is 49.8 Å². The summed E-state index contributed by atoms with van der Waals surface area (Å²) in [5.41, 5.74) is 0. The van der Waals surface area contributed by atoms with Crippen molar-refractivity contribution < 1.29 is 4.74 Å². The van der Waals surface area contributed by atoms with Crippen LogP contribution in [0, 0.1) is 17.8 Å². The second-order valence-electron chi connectivity index (χ2n) is 6.85. The number of nitrogens with zero attached hydrogens (tertiary/aromatic N) is 2. The van der Waals surface area contributed by atoms with Crippen molar-refractivity contribution >= 4 is 5.96 Å². The second kappa shape index (κ2) is 9.29. The zero-order valence-electron chi connectivity index (χ0n) is 14.9. The van der Waals surface area contributed by atoms with Crippen LogP contribution in [0.4, 0.5) is 0 Å². The number of piperidine rings is 1. The number of likely N-dealkylation sites (tertiary alicyclic amines) is 1. The highest BCUT2D eigenvalue weighted by atomic mass is 16.5. The highest BCUT2D eigenvalue weighted by Gasteiger charge is 2.24. The molecule has 21 heavy (non-hydrogen) atoms. The monoisotopic (exact) mass is 297 g/mol. The molecule has 4 heteroatoms. The van der Waals surface area contributed by atoms with E-state index >= 15 is 0 Å². The predicted molar refractivity (Wildman–Crippen MR) is 90.7 cm³/mol. The Morgan fingerprint density at radius 1 is 1.29 bits per heavy atom. The lowest BCUT2D eigenvalue weighted by molar-refractivity contribution is 0.0257. The molecule has 1 N–H and O–H groups in total. The number of hydrogen-bond donors (Lipinski definition) is 1. The van der Waals surface area contributed by atoms with Crippen LogP contribution in [0.2, 0.25) is 0 Å². The quantitative estimate of drug-likeness (QED) is 0.605. The fraction of sp³-hybridized carbons (Fsp3) is 0.941. The molecule has 0 aliphatic carbocycles. The van der Waals surface area contributed by atoms with Gasteiger partial charge in [0.25, 0.3) is 0 Å². The van der Waals surface area contributed by atoms with E-state index < -0.39 is 0 Å². The van der Waals surface area contributed by atoms with Crippen LogP contribution < -0.4 is 5.32 Å². The minimum Gasteiger partial charge on any atom is -0.378 e. The molecule has 0 radical (unpaired) electrons. The van der Waals surface area contributed by atoms with Crippen molar-refractivity contribution in [2.75, 3.05) is 33.3 Å². The topological polar surface area (TPSA) is 36.9 Å². The molecule has 1 aliphatic rings. The van der Waals surface area contributed by atoms with Gasteiger partial charge in [0.05, 0.1) is 6.10 Å². The Hall–Kier alpha value is -0.770. The smallest absolute Gasteiger partial charge is 0.193 e. The van der Waals surface area contributed by atoms with Gasteiger partial charge in [-0.1, -0.05) is 27.7 Å². The zero-order chi connectivity index (χ0) is 15.8. The van der Waals surface area contributed by atoms with Gasteiger partial charge < -0.3 is 15.0 Å². The van der Waals surface area contributed by atoms with Crippen molar-refractivity contribution in [2.45, 2.75) is 53.6 Å². The molecule has 0 aromatic carbocycles. The standard InChI is InChI=1S/C17H35N3O/c1-7-21-16(13(2)3)8-9-19-17(18-6)20-11-14(4)10-15(5)12-20/h13-16H,7-12H2,1-6H3,(H,18,19). The van der Waals surface area contributed by atoms with Crippen molar-refractivity contribution in [1.29, 1.82) is 0 Å². The van der Waals surface area contributed by atoms with E-state index in [4.69, 9.17) is 4.74 Å². The van der Waals surface area contributed by atoms with Gasteiger partial charge in [0.15, 0.2) is 5.96 Å². The first-order valence-electron chi connectivity index (χ1n) is 8.55. The van der Waals surface area contributed by atoms with Gasteiger partial charge in [0.2, 0.25) is 0 Å². The molecule has 124 valence electrons. The Bertz CT molecular complexity index is 307. The molecule has 1 fully saturated rings. The summed E-state index contributed by atoms with van der Waals surface area (Å²) in [5.74, 6) is 3.11. The van der Waals surface area contributed by atoms with Crippen LogP contribution in [-0.2, 0) is 4.74 Å². The van der Waals surface area contributed by atoms with E-state index in [1.165, 1.54) is 6.42 Å². The van der Waals surface area contributed by atoms with Crippen LogP contribution in [0.5, 0.6) is 0 Å². The molecule has 4 nitrogen and oxygen atoms in total.